The van der Waals surface area contributed by atoms with Gasteiger partial charge in [-0.3, -0.25) is 0 Å². The number of benzene rings is 2. The zero-order valence-corrected chi connectivity index (χ0v) is 13.5. The molecule has 0 fully saturated rings. The van der Waals surface area contributed by atoms with E-state index in [2.05, 4.69) is 10.6 Å². The largest absolute Gasteiger partial charge is 0.387 e. The van der Waals surface area contributed by atoms with E-state index in [1.54, 1.807) is 11.8 Å². The number of amides is 2. The molecule has 2 rings (SSSR count). The van der Waals surface area contributed by atoms with Gasteiger partial charge in [-0.25, -0.2) is 4.79 Å². The van der Waals surface area contributed by atoms with E-state index in [9.17, 15) is 9.90 Å². The highest BCUT2D eigenvalue weighted by molar-refractivity contribution is 7.98. The summed E-state index contributed by atoms with van der Waals surface area (Å²) < 4.78 is 0. The second kappa shape index (κ2) is 7.87. The monoisotopic (exact) mass is 316 g/mol. The lowest BCUT2D eigenvalue weighted by atomic mass is 10.1. The highest BCUT2D eigenvalue weighted by Gasteiger charge is 2.09. The summed E-state index contributed by atoms with van der Waals surface area (Å²) >= 11 is 1.65. The van der Waals surface area contributed by atoms with Crippen molar-refractivity contribution in [2.75, 3.05) is 18.1 Å². The lowest BCUT2D eigenvalue weighted by Crippen LogP contribution is -2.32. The first-order chi connectivity index (χ1) is 10.6. The number of rotatable bonds is 5. The van der Waals surface area contributed by atoms with Crippen LogP contribution in [0.5, 0.6) is 0 Å². The highest BCUT2D eigenvalue weighted by atomic mass is 32.2. The van der Waals surface area contributed by atoms with Gasteiger partial charge in [0.15, 0.2) is 0 Å². The standard InChI is InChI=1S/C17H20N2O2S/c1-12-4-3-5-14(10-12)19-17(21)18-11-16(20)13-6-8-15(22-2)9-7-13/h3-10,16,20H,11H2,1-2H3,(H2,18,19,21). The van der Waals surface area contributed by atoms with Crippen LogP contribution in [-0.4, -0.2) is 23.9 Å². The molecule has 1 unspecified atom stereocenters. The van der Waals surface area contributed by atoms with Crippen molar-refractivity contribution in [2.45, 2.75) is 17.9 Å². The minimum atomic E-state index is -0.723. The zero-order valence-electron chi connectivity index (χ0n) is 12.7. The number of anilines is 1. The molecule has 0 aromatic heterocycles. The van der Waals surface area contributed by atoms with Crippen molar-refractivity contribution in [3.63, 3.8) is 0 Å². The summed E-state index contributed by atoms with van der Waals surface area (Å²) in [7, 11) is 0. The predicted octanol–water partition coefficient (Wildman–Crippen LogP) is 3.57. The van der Waals surface area contributed by atoms with Crippen molar-refractivity contribution in [1.82, 2.24) is 5.32 Å². The molecule has 2 aromatic rings. The number of urea groups is 1. The molecule has 0 saturated heterocycles. The Morgan fingerprint density at radius 2 is 1.95 bits per heavy atom. The first-order valence-corrected chi connectivity index (χ1v) is 8.24. The quantitative estimate of drug-likeness (QED) is 0.739. The van der Waals surface area contributed by atoms with E-state index >= 15 is 0 Å². The fraction of sp³-hybridized carbons (Fsp3) is 0.235. The third-order valence-electron chi connectivity index (χ3n) is 3.23. The van der Waals surface area contributed by atoms with Crippen LogP contribution in [0.15, 0.2) is 53.4 Å². The molecule has 0 spiro atoms. The maximum atomic E-state index is 11.8. The molecule has 116 valence electrons. The van der Waals surface area contributed by atoms with Gasteiger partial charge >= 0.3 is 6.03 Å². The maximum absolute atomic E-state index is 11.8. The molecule has 0 aliphatic heterocycles. The Hall–Kier alpha value is -1.98. The smallest absolute Gasteiger partial charge is 0.319 e. The lowest BCUT2D eigenvalue weighted by molar-refractivity contribution is 0.175. The van der Waals surface area contributed by atoms with E-state index in [4.69, 9.17) is 0 Å². The summed E-state index contributed by atoms with van der Waals surface area (Å²) in [6.07, 6.45) is 1.28. The van der Waals surface area contributed by atoms with Crippen molar-refractivity contribution in [3.8, 4) is 0 Å². The van der Waals surface area contributed by atoms with Crippen LogP contribution in [0.3, 0.4) is 0 Å². The number of thioether (sulfide) groups is 1. The molecule has 5 heteroatoms. The zero-order chi connectivity index (χ0) is 15.9. The SMILES string of the molecule is CSc1ccc(C(O)CNC(=O)Nc2cccc(C)c2)cc1. The van der Waals surface area contributed by atoms with E-state index in [1.165, 1.54) is 0 Å². The molecule has 3 N–H and O–H groups in total. The number of carbonyl (C=O) groups excluding carboxylic acids is 1. The van der Waals surface area contributed by atoms with Crippen molar-refractivity contribution >= 4 is 23.5 Å². The fourth-order valence-electron chi connectivity index (χ4n) is 2.03. The Morgan fingerprint density at radius 1 is 1.23 bits per heavy atom. The summed E-state index contributed by atoms with van der Waals surface area (Å²) in [5, 5.41) is 15.5. The van der Waals surface area contributed by atoms with Gasteiger partial charge in [-0.15, -0.1) is 11.8 Å². The summed E-state index contributed by atoms with van der Waals surface area (Å²) in [6.45, 7) is 2.13. The molecular formula is C17H20N2O2S. The van der Waals surface area contributed by atoms with Crippen LogP contribution >= 0.6 is 11.8 Å². The van der Waals surface area contributed by atoms with Crippen LogP contribution in [0.25, 0.3) is 0 Å². The van der Waals surface area contributed by atoms with Gasteiger partial charge in [0.2, 0.25) is 0 Å². The van der Waals surface area contributed by atoms with E-state index in [1.807, 2.05) is 61.7 Å². The van der Waals surface area contributed by atoms with Crippen LogP contribution in [0, 0.1) is 6.92 Å². The number of aliphatic hydroxyl groups excluding tert-OH is 1. The minimum absolute atomic E-state index is 0.163. The Bertz CT molecular complexity index is 629. The number of aryl methyl sites for hydroxylation is 1. The summed E-state index contributed by atoms with van der Waals surface area (Å²) in [5.74, 6) is 0. The Labute approximate surface area is 134 Å². The van der Waals surface area contributed by atoms with Crippen molar-refractivity contribution in [3.05, 3.63) is 59.7 Å². The van der Waals surface area contributed by atoms with E-state index in [-0.39, 0.29) is 12.6 Å². The van der Waals surface area contributed by atoms with Gasteiger partial charge in [-0.2, -0.15) is 0 Å². The lowest BCUT2D eigenvalue weighted by Gasteiger charge is -2.13. The maximum Gasteiger partial charge on any atom is 0.319 e. The number of hydrogen-bond donors (Lipinski definition) is 3. The highest BCUT2D eigenvalue weighted by Crippen LogP contribution is 2.18. The first kappa shape index (κ1) is 16.4. The van der Waals surface area contributed by atoms with Gasteiger partial charge in [0.05, 0.1) is 6.10 Å². The van der Waals surface area contributed by atoms with Gasteiger partial charge in [-0.05, 0) is 48.6 Å². The average Bonchev–Trinajstić information content (AvgIpc) is 2.52. The molecule has 2 amide bonds. The van der Waals surface area contributed by atoms with Crippen LogP contribution in [0.4, 0.5) is 10.5 Å². The number of nitrogens with one attached hydrogen (secondary N) is 2. The van der Waals surface area contributed by atoms with Gasteiger partial charge in [0.25, 0.3) is 0 Å². The van der Waals surface area contributed by atoms with Crippen molar-refractivity contribution in [2.24, 2.45) is 0 Å². The molecule has 0 radical (unpaired) electrons. The second-order valence-electron chi connectivity index (χ2n) is 4.99. The van der Waals surface area contributed by atoms with Gasteiger partial charge < -0.3 is 15.7 Å². The number of aliphatic hydroxyl groups is 1. The molecule has 1 atom stereocenters. The number of carbonyl (C=O) groups is 1. The molecule has 22 heavy (non-hydrogen) atoms. The molecule has 0 aliphatic rings. The van der Waals surface area contributed by atoms with Crippen LogP contribution < -0.4 is 10.6 Å². The summed E-state index contributed by atoms with van der Waals surface area (Å²) in [6, 6.07) is 14.9. The second-order valence-corrected chi connectivity index (χ2v) is 5.87. The van der Waals surface area contributed by atoms with Crippen LogP contribution in [0.1, 0.15) is 17.2 Å². The van der Waals surface area contributed by atoms with Gasteiger partial charge in [0.1, 0.15) is 0 Å². The minimum Gasteiger partial charge on any atom is -0.387 e. The molecule has 0 aliphatic carbocycles. The van der Waals surface area contributed by atoms with Crippen molar-refractivity contribution in [1.29, 1.82) is 0 Å². The Kier molecular flexibility index (Phi) is 5.86. The molecule has 0 saturated carbocycles. The van der Waals surface area contributed by atoms with E-state index < -0.39 is 6.10 Å². The first-order valence-electron chi connectivity index (χ1n) is 7.02. The summed E-state index contributed by atoms with van der Waals surface area (Å²) in [4.78, 5) is 13.0. The van der Waals surface area contributed by atoms with Gasteiger partial charge in [-0.1, -0.05) is 24.3 Å². The number of hydrogen-bond acceptors (Lipinski definition) is 3. The predicted molar refractivity (Wildman–Crippen MR) is 91.4 cm³/mol. The van der Waals surface area contributed by atoms with E-state index in [0.717, 1.165) is 21.7 Å². The topological polar surface area (TPSA) is 61.4 Å². The molecule has 2 aromatic carbocycles. The average molecular weight is 316 g/mol. The molecule has 0 heterocycles. The Morgan fingerprint density at radius 3 is 2.59 bits per heavy atom. The molecule has 4 nitrogen and oxygen atoms in total. The molecular weight excluding hydrogens is 296 g/mol. The normalized spacial score (nSPS) is 11.8. The summed E-state index contributed by atoms with van der Waals surface area (Å²) in [5.41, 5.74) is 2.59. The van der Waals surface area contributed by atoms with Crippen LogP contribution in [-0.2, 0) is 0 Å². The van der Waals surface area contributed by atoms with Crippen molar-refractivity contribution < 1.29 is 9.90 Å². The fourth-order valence-corrected chi connectivity index (χ4v) is 2.44. The third-order valence-corrected chi connectivity index (χ3v) is 3.98. The third kappa shape index (κ3) is 4.79. The molecule has 0 bridgehead atoms. The van der Waals surface area contributed by atoms with E-state index in [0.29, 0.717) is 0 Å². The van der Waals surface area contributed by atoms with Crippen LogP contribution in [0.2, 0.25) is 0 Å². The Balaban J connectivity index is 1.84. The van der Waals surface area contributed by atoms with Gasteiger partial charge in [0, 0.05) is 17.1 Å².